The van der Waals surface area contributed by atoms with Crippen LogP contribution in [0.25, 0.3) is 16.7 Å². The molecule has 0 spiro atoms. The Balaban J connectivity index is 2.40. The number of imidazole rings is 1. The Kier molecular flexibility index (Phi) is 3.48. The fourth-order valence-corrected chi connectivity index (χ4v) is 2.66. The zero-order chi connectivity index (χ0) is 14.3. The van der Waals surface area contributed by atoms with Crippen molar-refractivity contribution in [2.45, 2.75) is 5.88 Å². The highest BCUT2D eigenvalue weighted by Crippen LogP contribution is 2.27. The number of aromatic nitrogens is 2. The zero-order valence-electron chi connectivity index (χ0n) is 10.1. The number of rotatable bonds is 2. The minimum Gasteiger partial charge on any atom is -0.292 e. The maximum atomic E-state index is 14.1. The molecule has 0 amide bonds. The smallest absolute Gasteiger partial charge is 0.151 e. The van der Waals surface area contributed by atoms with Crippen LogP contribution in [0.1, 0.15) is 5.82 Å². The monoisotopic (exact) mass is 356 g/mol. The highest BCUT2D eigenvalue weighted by molar-refractivity contribution is 9.10. The van der Waals surface area contributed by atoms with E-state index in [1.54, 1.807) is 24.3 Å². The number of nitrogens with zero attached hydrogens (tertiary/aromatic N) is 2. The second kappa shape index (κ2) is 5.14. The van der Waals surface area contributed by atoms with Crippen molar-refractivity contribution in [2.75, 3.05) is 0 Å². The largest absolute Gasteiger partial charge is 0.292 e. The lowest BCUT2D eigenvalue weighted by atomic mass is 10.2. The molecule has 20 heavy (non-hydrogen) atoms. The summed E-state index contributed by atoms with van der Waals surface area (Å²) >= 11 is 9.16. The molecule has 3 aromatic rings. The normalized spacial score (nSPS) is 11.2. The van der Waals surface area contributed by atoms with Crippen LogP contribution in [0.4, 0.5) is 8.78 Å². The average Bonchev–Trinajstić information content (AvgIpc) is 2.81. The molecule has 0 fully saturated rings. The molecule has 102 valence electrons. The van der Waals surface area contributed by atoms with E-state index in [0.29, 0.717) is 15.8 Å². The molecule has 3 rings (SSSR count). The van der Waals surface area contributed by atoms with Crippen molar-refractivity contribution in [2.24, 2.45) is 0 Å². The standard InChI is InChI=1S/C14H8BrClF2N2/c15-8-4-5-9(17)12(6-8)20-11-3-1-2-10(18)14(11)19-13(20)7-16/h1-6H,7H2. The van der Waals surface area contributed by atoms with Gasteiger partial charge in [0.05, 0.1) is 17.1 Å². The van der Waals surface area contributed by atoms with Gasteiger partial charge in [0.15, 0.2) is 5.82 Å². The first kappa shape index (κ1) is 13.5. The lowest BCUT2D eigenvalue weighted by Gasteiger charge is -2.09. The third-order valence-corrected chi connectivity index (χ3v) is 3.71. The van der Waals surface area contributed by atoms with Gasteiger partial charge in [0.2, 0.25) is 0 Å². The third-order valence-electron chi connectivity index (χ3n) is 2.97. The van der Waals surface area contributed by atoms with Crippen LogP contribution in [0.3, 0.4) is 0 Å². The maximum Gasteiger partial charge on any atom is 0.151 e. The molecule has 0 atom stereocenters. The summed E-state index contributed by atoms with van der Waals surface area (Å²) in [6.45, 7) is 0. The predicted molar refractivity (Wildman–Crippen MR) is 78.2 cm³/mol. The summed E-state index contributed by atoms with van der Waals surface area (Å²) < 4.78 is 30.1. The zero-order valence-corrected chi connectivity index (χ0v) is 12.4. The highest BCUT2D eigenvalue weighted by atomic mass is 79.9. The van der Waals surface area contributed by atoms with Crippen molar-refractivity contribution in [3.8, 4) is 5.69 Å². The molecule has 0 aliphatic carbocycles. The van der Waals surface area contributed by atoms with E-state index in [2.05, 4.69) is 20.9 Å². The number of hydrogen-bond acceptors (Lipinski definition) is 1. The number of benzene rings is 2. The van der Waals surface area contributed by atoms with Crippen molar-refractivity contribution in [1.29, 1.82) is 0 Å². The summed E-state index contributed by atoms with van der Waals surface area (Å²) in [5, 5.41) is 0. The topological polar surface area (TPSA) is 17.8 Å². The Labute approximate surface area is 127 Å². The molecule has 2 nitrogen and oxygen atoms in total. The fraction of sp³-hybridized carbons (Fsp3) is 0.0714. The quantitative estimate of drug-likeness (QED) is 0.602. The molecular weight excluding hydrogens is 350 g/mol. The minimum absolute atomic E-state index is 0.0556. The van der Waals surface area contributed by atoms with Gasteiger partial charge in [0.25, 0.3) is 0 Å². The van der Waals surface area contributed by atoms with Crippen LogP contribution in [-0.4, -0.2) is 9.55 Å². The molecule has 0 aliphatic heterocycles. The van der Waals surface area contributed by atoms with E-state index in [4.69, 9.17) is 11.6 Å². The molecule has 1 aromatic heterocycles. The first-order valence-corrected chi connectivity index (χ1v) is 7.12. The highest BCUT2D eigenvalue weighted by Gasteiger charge is 2.17. The van der Waals surface area contributed by atoms with Gasteiger partial charge in [-0.05, 0) is 30.3 Å². The summed E-state index contributed by atoms with van der Waals surface area (Å²) in [6, 6.07) is 9.10. The Morgan fingerprint density at radius 2 is 1.95 bits per heavy atom. The van der Waals surface area contributed by atoms with Gasteiger partial charge >= 0.3 is 0 Å². The molecule has 0 saturated carbocycles. The van der Waals surface area contributed by atoms with Gasteiger partial charge in [-0.3, -0.25) is 4.57 Å². The number of alkyl halides is 1. The SMILES string of the molecule is Fc1ccc(Br)cc1-n1c(CCl)nc2c(F)cccc21. The fourth-order valence-electron chi connectivity index (χ4n) is 2.13. The van der Waals surface area contributed by atoms with E-state index < -0.39 is 11.6 Å². The predicted octanol–water partition coefficient (Wildman–Crippen LogP) is 4.81. The number of para-hydroxylation sites is 1. The lowest BCUT2D eigenvalue weighted by Crippen LogP contribution is -2.02. The number of fused-ring (bicyclic) bond motifs is 1. The van der Waals surface area contributed by atoms with Crippen molar-refractivity contribution in [1.82, 2.24) is 9.55 Å². The Morgan fingerprint density at radius 3 is 2.70 bits per heavy atom. The molecule has 0 N–H and O–H groups in total. The van der Waals surface area contributed by atoms with Crippen LogP contribution < -0.4 is 0 Å². The summed E-state index contributed by atoms with van der Waals surface area (Å²) in [7, 11) is 0. The Morgan fingerprint density at radius 1 is 1.15 bits per heavy atom. The average molecular weight is 358 g/mol. The Hall–Kier alpha value is -1.46. The summed E-state index contributed by atoms with van der Waals surface area (Å²) in [6.07, 6.45) is 0. The number of halogens is 4. The van der Waals surface area contributed by atoms with Crippen LogP contribution in [0.2, 0.25) is 0 Å². The van der Waals surface area contributed by atoms with E-state index in [9.17, 15) is 8.78 Å². The first-order valence-electron chi connectivity index (χ1n) is 5.79. The molecule has 6 heteroatoms. The second-order valence-corrected chi connectivity index (χ2v) is 5.38. The minimum atomic E-state index is -0.456. The first-order chi connectivity index (χ1) is 9.61. The maximum absolute atomic E-state index is 14.1. The van der Waals surface area contributed by atoms with Crippen molar-refractivity contribution >= 4 is 38.6 Å². The van der Waals surface area contributed by atoms with Crippen molar-refractivity contribution in [3.63, 3.8) is 0 Å². The van der Waals surface area contributed by atoms with Crippen LogP contribution in [0.15, 0.2) is 40.9 Å². The van der Waals surface area contributed by atoms with Gasteiger partial charge in [-0.15, -0.1) is 11.6 Å². The van der Waals surface area contributed by atoms with Crippen LogP contribution >= 0.6 is 27.5 Å². The van der Waals surface area contributed by atoms with Gasteiger partial charge in [0.1, 0.15) is 17.2 Å². The molecule has 1 heterocycles. The molecule has 0 unspecified atom stereocenters. The van der Waals surface area contributed by atoms with Crippen molar-refractivity contribution in [3.05, 3.63) is 58.3 Å². The van der Waals surface area contributed by atoms with E-state index in [0.717, 1.165) is 0 Å². The molecular formula is C14H8BrClF2N2. The van der Waals surface area contributed by atoms with Gasteiger partial charge in [-0.2, -0.15) is 0 Å². The third kappa shape index (κ3) is 2.11. The lowest BCUT2D eigenvalue weighted by molar-refractivity contribution is 0.617. The van der Waals surface area contributed by atoms with Crippen LogP contribution in [0, 0.1) is 11.6 Å². The van der Waals surface area contributed by atoms with E-state index >= 15 is 0 Å². The second-order valence-electron chi connectivity index (χ2n) is 4.20. The molecule has 2 aromatic carbocycles. The molecule has 0 saturated heterocycles. The van der Waals surface area contributed by atoms with Gasteiger partial charge < -0.3 is 0 Å². The van der Waals surface area contributed by atoms with E-state index in [1.165, 1.54) is 16.7 Å². The summed E-state index contributed by atoms with van der Waals surface area (Å²) in [5.74, 6) is -0.435. The van der Waals surface area contributed by atoms with Gasteiger partial charge in [-0.1, -0.05) is 22.0 Å². The Bertz CT molecular complexity index is 801. The van der Waals surface area contributed by atoms with E-state index in [-0.39, 0.29) is 17.1 Å². The summed E-state index contributed by atoms with van der Waals surface area (Å²) in [5.41, 5.74) is 0.948. The summed E-state index contributed by atoms with van der Waals surface area (Å²) in [4.78, 5) is 4.15. The van der Waals surface area contributed by atoms with Crippen LogP contribution in [-0.2, 0) is 5.88 Å². The van der Waals surface area contributed by atoms with Crippen LogP contribution in [0.5, 0.6) is 0 Å². The van der Waals surface area contributed by atoms with Crippen molar-refractivity contribution < 1.29 is 8.78 Å². The molecule has 0 radical (unpaired) electrons. The van der Waals surface area contributed by atoms with Gasteiger partial charge in [-0.25, -0.2) is 13.8 Å². The number of hydrogen-bond donors (Lipinski definition) is 0. The van der Waals surface area contributed by atoms with E-state index in [1.807, 2.05) is 0 Å². The molecule has 0 bridgehead atoms. The van der Waals surface area contributed by atoms with Gasteiger partial charge in [0, 0.05) is 4.47 Å². The molecule has 0 aliphatic rings.